The normalized spacial score (nSPS) is 16.1. The zero-order valence-electron chi connectivity index (χ0n) is 14.7. The highest BCUT2D eigenvalue weighted by molar-refractivity contribution is 6.19. The minimum Gasteiger partial charge on any atom is -0.465 e. The summed E-state index contributed by atoms with van der Waals surface area (Å²) in [5.74, 6) is 1.12. The maximum atomic E-state index is 12.2. The van der Waals surface area contributed by atoms with E-state index >= 15 is 0 Å². The molecule has 0 spiro atoms. The molecule has 0 aromatic heterocycles. The predicted octanol–water partition coefficient (Wildman–Crippen LogP) is 3.94. The molecule has 0 radical (unpaired) electrons. The fourth-order valence-electron chi connectivity index (χ4n) is 2.94. The summed E-state index contributed by atoms with van der Waals surface area (Å²) < 4.78 is 4.97. The molecule has 1 saturated carbocycles. The highest BCUT2D eigenvalue weighted by atomic mass is 16.5. The molecule has 124 valence electrons. The van der Waals surface area contributed by atoms with Crippen molar-refractivity contribution in [1.29, 1.82) is 0 Å². The Labute approximate surface area is 134 Å². The van der Waals surface area contributed by atoms with Gasteiger partial charge in [-0.1, -0.05) is 24.5 Å². The van der Waals surface area contributed by atoms with Crippen molar-refractivity contribution in [3.05, 3.63) is 23.4 Å². The number of likely N-dealkylation sites (N-methyl/N-ethyl adjacent to an activating group) is 1. The van der Waals surface area contributed by atoms with Crippen LogP contribution < -0.4 is 0 Å². The molecule has 1 rings (SSSR count). The van der Waals surface area contributed by atoms with Gasteiger partial charge >= 0.3 is 5.97 Å². The summed E-state index contributed by atoms with van der Waals surface area (Å²) in [5, 5.41) is 0. The molecule has 4 nitrogen and oxygen atoms in total. The van der Waals surface area contributed by atoms with Gasteiger partial charge in [0.15, 0.2) is 0 Å². The Balaban J connectivity index is 3.13. The third kappa shape index (κ3) is 5.00. The van der Waals surface area contributed by atoms with Gasteiger partial charge in [0.05, 0.1) is 7.11 Å². The van der Waals surface area contributed by atoms with Crippen molar-refractivity contribution < 1.29 is 9.53 Å². The zero-order chi connectivity index (χ0) is 16.5. The summed E-state index contributed by atoms with van der Waals surface area (Å²) >= 11 is 0. The van der Waals surface area contributed by atoms with Crippen molar-refractivity contribution in [3.8, 4) is 0 Å². The standard InChI is InChI=1S/C18H30N2O2/c1-6-12-19-17(16(14(3)4)18(21)22-5)20(7-2)13-15-10-8-9-11-15/h6,12,15H,7-11,13H2,1-5H3/b12-6-,19-17?. The number of amidine groups is 1. The first-order valence-corrected chi connectivity index (χ1v) is 8.25. The Bertz CT molecular complexity index is 454. The van der Waals surface area contributed by atoms with Gasteiger partial charge in [0.2, 0.25) is 0 Å². The first kappa shape index (κ1) is 18.5. The SMILES string of the molecule is C/C=C\N=C(C(C(=O)OC)=C(C)C)N(CC)CC1CCCC1. The zero-order valence-corrected chi connectivity index (χ0v) is 14.7. The highest BCUT2D eigenvalue weighted by Gasteiger charge is 2.26. The van der Waals surface area contributed by atoms with Gasteiger partial charge < -0.3 is 9.64 Å². The summed E-state index contributed by atoms with van der Waals surface area (Å²) in [6.07, 6.45) is 8.81. The average molecular weight is 306 g/mol. The molecule has 0 atom stereocenters. The topological polar surface area (TPSA) is 41.9 Å². The Morgan fingerprint density at radius 2 is 1.95 bits per heavy atom. The van der Waals surface area contributed by atoms with Gasteiger partial charge in [-0.2, -0.15) is 0 Å². The van der Waals surface area contributed by atoms with Crippen LogP contribution in [-0.4, -0.2) is 36.9 Å². The van der Waals surface area contributed by atoms with Crippen molar-refractivity contribution in [2.45, 2.75) is 53.4 Å². The fourth-order valence-corrected chi connectivity index (χ4v) is 2.94. The van der Waals surface area contributed by atoms with Gasteiger partial charge in [-0.15, -0.1) is 0 Å². The number of carbonyl (C=O) groups excluding carboxylic acids is 1. The second-order valence-corrected chi connectivity index (χ2v) is 5.99. The van der Waals surface area contributed by atoms with Crippen LogP contribution in [0.3, 0.4) is 0 Å². The van der Waals surface area contributed by atoms with Crippen LogP contribution in [0.25, 0.3) is 0 Å². The molecule has 1 aliphatic carbocycles. The van der Waals surface area contributed by atoms with E-state index < -0.39 is 0 Å². The lowest BCUT2D eigenvalue weighted by Gasteiger charge is -2.28. The number of carbonyl (C=O) groups is 1. The predicted molar refractivity (Wildman–Crippen MR) is 91.8 cm³/mol. The summed E-state index contributed by atoms with van der Waals surface area (Å²) in [5.41, 5.74) is 1.51. The van der Waals surface area contributed by atoms with Crippen LogP contribution in [0.15, 0.2) is 28.4 Å². The number of aliphatic imine (C=N–C) groups is 1. The van der Waals surface area contributed by atoms with Crippen molar-refractivity contribution in [1.82, 2.24) is 4.90 Å². The van der Waals surface area contributed by atoms with E-state index in [0.29, 0.717) is 11.5 Å². The lowest BCUT2D eigenvalue weighted by Crippen LogP contribution is -2.38. The van der Waals surface area contributed by atoms with Crippen LogP contribution >= 0.6 is 0 Å². The van der Waals surface area contributed by atoms with Gasteiger partial charge in [-0.25, -0.2) is 9.79 Å². The van der Waals surface area contributed by atoms with Crippen LogP contribution in [0.5, 0.6) is 0 Å². The molecule has 1 aliphatic rings. The van der Waals surface area contributed by atoms with Gasteiger partial charge in [0, 0.05) is 19.3 Å². The number of nitrogens with zero attached hydrogens (tertiary/aromatic N) is 2. The van der Waals surface area contributed by atoms with Crippen LogP contribution in [0.4, 0.5) is 0 Å². The minimum absolute atomic E-state index is 0.312. The summed E-state index contributed by atoms with van der Waals surface area (Å²) in [4.78, 5) is 19.0. The van der Waals surface area contributed by atoms with Crippen molar-refractivity contribution in [3.63, 3.8) is 0 Å². The summed E-state index contributed by atoms with van der Waals surface area (Å²) in [6, 6.07) is 0. The van der Waals surface area contributed by atoms with Gasteiger partial charge in [0.25, 0.3) is 0 Å². The first-order chi connectivity index (χ1) is 10.5. The molecule has 1 fully saturated rings. The van der Waals surface area contributed by atoms with Crippen LogP contribution in [-0.2, 0) is 9.53 Å². The maximum Gasteiger partial charge on any atom is 0.341 e. The molecule has 4 heteroatoms. The van der Waals surface area contributed by atoms with E-state index in [1.165, 1.54) is 32.8 Å². The molecule has 22 heavy (non-hydrogen) atoms. The van der Waals surface area contributed by atoms with Crippen molar-refractivity contribution in [2.24, 2.45) is 10.9 Å². The number of allylic oxidation sites excluding steroid dienone is 2. The highest BCUT2D eigenvalue weighted by Crippen LogP contribution is 2.26. The second kappa shape index (κ2) is 9.44. The second-order valence-electron chi connectivity index (χ2n) is 5.99. The number of hydrogen-bond donors (Lipinski definition) is 0. The number of hydrogen-bond acceptors (Lipinski definition) is 3. The molecule has 0 aliphatic heterocycles. The molecule has 0 aromatic carbocycles. The maximum absolute atomic E-state index is 12.2. The van der Waals surface area contributed by atoms with E-state index in [0.717, 1.165) is 24.5 Å². The van der Waals surface area contributed by atoms with E-state index in [-0.39, 0.29) is 5.97 Å². The molecule has 0 heterocycles. The van der Waals surface area contributed by atoms with Gasteiger partial charge in [-0.3, -0.25) is 0 Å². The summed E-state index contributed by atoms with van der Waals surface area (Å²) in [7, 11) is 1.42. The van der Waals surface area contributed by atoms with Gasteiger partial charge in [-0.05, 0) is 46.5 Å². The molecule has 0 unspecified atom stereocenters. The Morgan fingerprint density at radius 1 is 1.32 bits per heavy atom. The van der Waals surface area contributed by atoms with Gasteiger partial charge in [0.1, 0.15) is 11.4 Å². The van der Waals surface area contributed by atoms with E-state index in [4.69, 9.17) is 4.74 Å². The monoisotopic (exact) mass is 306 g/mol. The number of rotatable bonds is 6. The van der Waals surface area contributed by atoms with E-state index in [1.807, 2.05) is 26.8 Å². The minimum atomic E-state index is -0.312. The number of methoxy groups -OCH3 is 1. The molecule has 0 saturated heterocycles. The van der Waals surface area contributed by atoms with E-state index in [9.17, 15) is 4.79 Å². The largest absolute Gasteiger partial charge is 0.465 e. The molecule has 0 N–H and O–H groups in total. The smallest absolute Gasteiger partial charge is 0.341 e. The number of esters is 1. The Hall–Kier alpha value is -1.58. The first-order valence-electron chi connectivity index (χ1n) is 8.25. The third-order valence-electron chi connectivity index (χ3n) is 4.09. The molecule has 0 aromatic rings. The lowest BCUT2D eigenvalue weighted by molar-refractivity contribution is -0.135. The molecule has 0 bridgehead atoms. The van der Waals surface area contributed by atoms with Crippen LogP contribution in [0.1, 0.15) is 53.4 Å². The summed E-state index contributed by atoms with van der Waals surface area (Å²) in [6.45, 7) is 9.69. The van der Waals surface area contributed by atoms with Crippen molar-refractivity contribution in [2.75, 3.05) is 20.2 Å². The Kier molecular flexibility index (Phi) is 7.92. The fraction of sp³-hybridized carbons (Fsp3) is 0.667. The molecule has 0 amide bonds. The van der Waals surface area contributed by atoms with Crippen LogP contribution in [0.2, 0.25) is 0 Å². The average Bonchev–Trinajstić information content (AvgIpc) is 3.01. The lowest BCUT2D eigenvalue weighted by atomic mass is 10.0. The van der Waals surface area contributed by atoms with Crippen LogP contribution in [0, 0.1) is 5.92 Å². The van der Waals surface area contributed by atoms with Crippen molar-refractivity contribution >= 4 is 11.8 Å². The molecular weight excluding hydrogens is 276 g/mol. The van der Waals surface area contributed by atoms with E-state index in [1.54, 1.807) is 6.20 Å². The third-order valence-corrected chi connectivity index (χ3v) is 4.09. The number of ether oxygens (including phenoxy) is 1. The quantitative estimate of drug-likeness (QED) is 0.323. The molecular formula is C18H30N2O2. The van der Waals surface area contributed by atoms with E-state index in [2.05, 4.69) is 16.8 Å². The Morgan fingerprint density at radius 3 is 2.41 bits per heavy atom.